The van der Waals surface area contributed by atoms with Crippen molar-refractivity contribution in [3.8, 4) is 28.3 Å². The van der Waals surface area contributed by atoms with E-state index in [0.717, 1.165) is 34.9 Å². The molecule has 0 radical (unpaired) electrons. The SMILES string of the molecule is Fc1ccc(-c2cc3n(c2)Cc2cc(N4CC5(CCCC5)C4)ccc2-n2nnnc2-3)cc1. The zero-order valence-corrected chi connectivity index (χ0v) is 17.7. The Labute approximate surface area is 185 Å². The molecular weight excluding hydrogens is 403 g/mol. The maximum Gasteiger partial charge on any atom is 0.203 e. The molecule has 6 nitrogen and oxygen atoms in total. The maximum absolute atomic E-state index is 13.4. The fraction of sp³-hybridized carbons (Fsp3) is 0.320. The first-order chi connectivity index (χ1) is 15.7. The highest BCUT2D eigenvalue weighted by atomic mass is 19.1. The van der Waals surface area contributed by atoms with E-state index in [-0.39, 0.29) is 5.82 Å². The molecule has 0 amide bonds. The Morgan fingerprint density at radius 1 is 0.906 bits per heavy atom. The quantitative estimate of drug-likeness (QED) is 0.411. The lowest BCUT2D eigenvalue weighted by molar-refractivity contribution is 0.222. The molecule has 0 atom stereocenters. The van der Waals surface area contributed by atoms with E-state index in [2.05, 4.69) is 55.5 Å². The number of hydrogen-bond donors (Lipinski definition) is 0. The highest BCUT2D eigenvalue weighted by molar-refractivity contribution is 5.71. The first-order valence-electron chi connectivity index (χ1n) is 11.3. The van der Waals surface area contributed by atoms with Crippen molar-refractivity contribution in [2.45, 2.75) is 32.2 Å². The Morgan fingerprint density at radius 3 is 2.53 bits per heavy atom. The molecule has 0 unspecified atom stereocenters. The lowest BCUT2D eigenvalue weighted by Crippen LogP contribution is -2.55. The summed E-state index contributed by atoms with van der Waals surface area (Å²) >= 11 is 0. The third-order valence-corrected chi connectivity index (χ3v) is 7.49. The second-order valence-electron chi connectivity index (χ2n) is 9.54. The molecule has 1 saturated carbocycles. The Bertz CT molecular complexity index is 1320. The van der Waals surface area contributed by atoms with Gasteiger partial charge in [-0.2, -0.15) is 4.68 Å². The van der Waals surface area contributed by atoms with Gasteiger partial charge in [-0.15, -0.1) is 5.10 Å². The number of anilines is 1. The minimum absolute atomic E-state index is 0.231. The Balaban J connectivity index is 1.28. The number of fused-ring (bicyclic) bond motifs is 5. The first-order valence-corrected chi connectivity index (χ1v) is 11.3. The molecule has 0 bridgehead atoms. The Hall–Kier alpha value is -3.48. The molecule has 0 N–H and O–H groups in total. The van der Waals surface area contributed by atoms with Crippen LogP contribution in [0.1, 0.15) is 31.2 Å². The summed E-state index contributed by atoms with van der Waals surface area (Å²) < 4.78 is 17.4. The number of hydrogen-bond acceptors (Lipinski definition) is 4. The number of benzene rings is 2. The minimum atomic E-state index is -0.231. The molecule has 1 saturated heterocycles. The molecule has 32 heavy (non-hydrogen) atoms. The van der Waals surface area contributed by atoms with Crippen molar-refractivity contribution in [2.75, 3.05) is 18.0 Å². The molecule has 4 aromatic rings. The zero-order valence-electron chi connectivity index (χ0n) is 17.7. The molecule has 2 fully saturated rings. The summed E-state index contributed by atoms with van der Waals surface area (Å²) in [6, 6.07) is 15.3. The van der Waals surface area contributed by atoms with Gasteiger partial charge < -0.3 is 9.47 Å². The van der Waals surface area contributed by atoms with Crippen molar-refractivity contribution < 1.29 is 4.39 Å². The van der Waals surface area contributed by atoms with Crippen molar-refractivity contribution in [3.63, 3.8) is 0 Å². The van der Waals surface area contributed by atoms with E-state index in [0.29, 0.717) is 5.41 Å². The number of aromatic nitrogens is 5. The van der Waals surface area contributed by atoms with Crippen LogP contribution in [0.3, 0.4) is 0 Å². The van der Waals surface area contributed by atoms with Crippen LogP contribution in [-0.4, -0.2) is 37.9 Å². The summed E-state index contributed by atoms with van der Waals surface area (Å²) in [7, 11) is 0. The smallest absolute Gasteiger partial charge is 0.203 e. The molecule has 1 spiro atoms. The van der Waals surface area contributed by atoms with Gasteiger partial charge in [0.1, 0.15) is 5.82 Å². The van der Waals surface area contributed by atoms with E-state index in [1.165, 1.54) is 62.2 Å². The van der Waals surface area contributed by atoms with Crippen molar-refractivity contribution in [1.82, 2.24) is 24.8 Å². The average molecular weight is 426 g/mol. The van der Waals surface area contributed by atoms with Crippen LogP contribution < -0.4 is 4.90 Å². The average Bonchev–Trinajstić information content (AvgIpc) is 3.52. The van der Waals surface area contributed by atoms with Gasteiger partial charge in [0, 0.05) is 42.5 Å². The number of tetrazole rings is 1. The maximum atomic E-state index is 13.4. The van der Waals surface area contributed by atoms with Gasteiger partial charge in [-0.25, -0.2) is 4.39 Å². The molecule has 4 heterocycles. The second-order valence-corrected chi connectivity index (χ2v) is 9.54. The fourth-order valence-electron chi connectivity index (χ4n) is 5.81. The van der Waals surface area contributed by atoms with Crippen molar-refractivity contribution in [3.05, 3.63) is 66.1 Å². The molecule has 7 heteroatoms. The van der Waals surface area contributed by atoms with Crippen LogP contribution in [0.5, 0.6) is 0 Å². The third kappa shape index (κ3) is 2.66. The predicted molar refractivity (Wildman–Crippen MR) is 120 cm³/mol. The monoisotopic (exact) mass is 426 g/mol. The number of halogens is 1. The Kier molecular flexibility index (Phi) is 3.69. The fourth-order valence-corrected chi connectivity index (χ4v) is 5.81. The number of nitrogens with zero attached hydrogens (tertiary/aromatic N) is 6. The standard InChI is InChI=1S/C25H23FN6/c26-20-5-3-17(4-6-20)18-12-23-24-27-28-29-32(24)22-8-7-21(11-19(22)14-30(23)13-18)31-15-25(16-31)9-1-2-10-25/h3-8,11-13H,1-2,9-10,14-16H2. The minimum Gasteiger partial charge on any atom is -0.370 e. The van der Waals surface area contributed by atoms with Crippen LogP contribution in [0, 0.1) is 11.2 Å². The van der Waals surface area contributed by atoms with Crippen molar-refractivity contribution in [1.29, 1.82) is 0 Å². The van der Waals surface area contributed by atoms with Gasteiger partial charge in [-0.3, -0.25) is 0 Å². The van der Waals surface area contributed by atoms with Crippen LogP contribution in [0.15, 0.2) is 54.7 Å². The zero-order chi connectivity index (χ0) is 21.3. The largest absolute Gasteiger partial charge is 0.370 e. The highest BCUT2D eigenvalue weighted by Gasteiger charge is 2.44. The lowest BCUT2D eigenvalue weighted by atomic mass is 9.78. The van der Waals surface area contributed by atoms with Gasteiger partial charge in [-0.05, 0) is 70.8 Å². The summed E-state index contributed by atoms with van der Waals surface area (Å²) in [5.74, 6) is 0.490. The lowest BCUT2D eigenvalue weighted by Gasteiger charge is -2.50. The van der Waals surface area contributed by atoms with Crippen LogP contribution in [0.2, 0.25) is 0 Å². The molecule has 160 valence electrons. The predicted octanol–water partition coefficient (Wildman–Crippen LogP) is 4.68. The third-order valence-electron chi connectivity index (χ3n) is 7.49. The normalized spacial score (nSPS) is 18.1. The molecule has 1 aliphatic carbocycles. The summed E-state index contributed by atoms with van der Waals surface area (Å²) in [4.78, 5) is 2.51. The molecule has 3 aliphatic rings. The Morgan fingerprint density at radius 2 is 1.72 bits per heavy atom. The molecule has 2 aliphatic heterocycles. The van der Waals surface area contributed by atoms with Gasteiger partial charge >= 0.3 is 0 Å². The van der Waals surface area contributed by atoms with E-state index in [1.807, 2.05) is 16.8 Å². The van der Waals surface area contributed by atoms with Crippen molar-refractivity contribution >= 4 is 5.69 Å². The second kappa shape index (κ2) is 6.51. The molecular formula is C25H23FN6. The molecule has 2 aromatic heterocycles. The van der Waals surface area contributed by atoms with Gasteiger partial charge in [0.05, 0.1) is 11.4 Å². The molecule has 2 aromatic carbocycles. The topological polar surface area (TPSA) is 51.8 Å². The van der Waals surface area contributed by atoms with Crippen LogP contribution >= 0.6 is 0 Å². The highest BCUT2D eigenvalue weighted by Crippen LogP contribution is 2.47. The number of rotatable bonds is 2. The van der Waals surface area contributed by atoms with Crippen LogP contribution in [0.25, 0.3) is 28.3 Å². The van der Waals surface area contributed by atoms with Gasteiger partial charge in [-0.1, -0.05) is 25.0 Å². The molecule has 7 rings (SSSR count). The summed E-state index contributed by atoms with van der Waals surface area (Å²) in [5, 5.41) is 12.6. The van der Waals surface area contributed by atoms with E-state index in [9.17, 15) is 4.39 Å². The van der Waals surface area contributed by atoms with E-state index in [1.54, 1.807) is 0 Å². The van der Waals surface area contributed by atoms with Crippen molar-refractivity contribution in [2.24, 2.45) is 5.41 Å². The van der Waals surface area contributed by atoms with E-state index in [4.69, 9.17) is 0 Å². The van der Waals surface area contributed by atoms with Gasteiger partial charge in [0.15, 0.2) is 0 Å². The van der Waals surface area contributed by atoms with Crippen LogP contribution in [0.4, 0.5) is 10.1 Å². The van der Waals surface area contributed by atoms with Crippen LogP contribution in [-0.2, 0) is 6.54 Å². The summed E-state index contributed by atoms with van der Waals surface area (Å²) in [6.07, 6.45) is 7.63. The summed E-state index contributed by atoms with van der Waals surface area (Å²) in [6.45, 7) is 3.07. The summed E-state index contributed by atoms with van der Waals surface area (Å²) in [5.41, 5.74) is 7.03. The van der Waals surface area contributed by atoms with Gasteiger partial charge in [0.2, 0.25) is 5.82 Å². The first kappa shape index (κ1) is 18.1. The van der Waals surface area contributed by atoms with E-state index >= 15 is 0 Å². The van der Waals surface area contributed by atoms with E-state index < -0.39 is 0 Å². The van der Waals surface area contributed by atoms with Gasteiger partial charge in [0.25, 0.3) is 0 Å².